The van der Waals surface area contributed by atoms with Gasteiger partial charge in [-0.05, 0) is 43.4 Å². The second kappa shape index (κ2) is 5.03. The second-order valence-corrected chi connectivity index (χ2v) is 4.52. The molecule has 1 aromatic carbocycles. The fraction of sp³-hybridized carbons (Fsp3) is 0.375. The monoisotopic (exact) mass is 210 g/mol. The molecule has 1 aliphatic carbocycles. The Morgan fingerprint density at radius 3 is 2.81 bits per heavy atom. The van der Waals surface area contributed by atoms with Crippen LogP contribution in [0.1, 0.15) is 36.0 Å². The van der Waals surface area contributed by atoms with Gasteiger partial charge in [0, 0.05) is 12.8 Å². The number of aryl methyl sites for hydroxylation is 2. The Kier molecular flexibility index (Phi) is 3.47. The SMILES string of the molecule is Cc1ccc(CC2=CCC#CCC2)cc1C. The van der Waals surface area contributed by atoms with Crippen LogP contribution in [0.2, 0.25) is 0 Å². The van der Waals surface area contributed by atoms with E-state index in [9.17, 15) is 0 Å². The zero-order valence-electron chi connectivity index (χ0n) is 10.1. The Bertz CT molecular complexity index is 467. The molecule has 0 saturated heterocycles. The van der Waals surface area contributed by atoms with E-state index < -0.39 is 0 Å². The summed E-state index contributed by atoms with van der Waals surface area (Å²) in [7, 11) is 0. The van der Waals surface area contributed by atoms with Crippen molar-refractivity contribution < 1.29 is 0 Å². The van der Waals surface area contributed by atoms with Crippen molar-refractivity contribution in [2.24, 2.45) is 0 Å². The molecule has 0 heterocycles. The van der Waals surface area contributed by atoms with Crippen molar-refractivity contribution in [3.8, 4) is 11.8 Å². The van der Waals surface area contributed by atoms with E-state index in [0.717, 1.165) is 25.7 Å². The van der Waals surface area contributed by atoms with Gasteiger partial charge in [-0.15, -0.1) is 5.92 Å². The lowest BCUT2D eigenvalue weighted by Gasteiger charge is -2.07. The molecule has 1 aromatic rings. The first-order valence-corrected chi connectivity index (χ1v) is 5.95. The van der Waals surface area contributed by atoms with Crippen LogP contribution in [-0.2, 0) is 6.42 Å². The molecule has 0 spiro atoms. The molecule has 0 unspecified atom stereocenters. The quantitative estimate of drug-likeness (QED) is 0.512. The molecule has 0 radical (unpaired) electrons. The second-order valence-electron chi connectivity index (χ2n) is 4.52. The van der Waals surface area contributed by atoms with E-state index in [-0.39, 0.29) is 0 Å². The zero-order valence-corrected chi connectivity index (χ0v) is 10.1. The largest absolute Gasteiger partial charge is 0.103 e. The third-order valence-corrected chi connectivity index (χ3v) is 3.19. The Balaban J connectivity index is 2.10. The lowest BCUT2D eigenvalue weighted by atomic mass is 9.98. The smallest absolute Gasteiger partial charge is 0.0272 e. The Morgan fingerprint density at radius 1 is 1.12 bits per heavy atom. The van der Waals surface area contributed by atoms with E-state index in [4.69, 9.17) is 0 Å². The van der Waals surface area contributed by atoms with E-state index in [1.54, 1.807) is 0 Å². The predicted molar refractivity (Wildman–Crippen MR) is 69.3 cm³/mol. The van der Waals surface area contributed by atoms with Gasteiger partial charge in [-0.25, -0.2) is 0 Å². The van der Waals surface area contributed by atoms with E-state index in [0.29, 0.717) is 0 Å². The van der Waals surface area contributed by atoms with Crippen molar-refractivity contribution >= 4 is 0 Å². The van der Waals surface area contributed by atoms with Gasteiger partial charge in [0.15, 0.2) is 0 Å². The highest BCUT2D eigenvalue weighted by Crippen LogP contribution is 2.17. The van der Waals surface area contributed by atoms with Crippen LogP contribution in [0.3, 0.4) is 0 Å². The number of rotatable bonds is 2. The van der Waals surface area contributed by atoms with Gasteiger partial charge in [0.1, 0.15) is 0 Å². The van der Waals surface area contributed by atoms with E-state index in [1.165, 1.54) is 22.3 Å². The van der Waals surface area contributed by atoms with Crippen LogP contribution in [0.5, 0.6) is 0 Å². The molecule has 0 aromatic heterocycles. The fourth-order valence-corrected chi connectivity index (χ4v) is 2.02. The summed E-state index contributed by atoms with van der Waals surface area (Å²) >= 11 is 0. The van der Waals surface area contributed by atoms with Gasteiger partial charge < -0.3 is 0 Å². The molecule has 2 rings (SSSR count). The molecule has 82 valence electrons. The number of hydrogen-bond donors (Lipinski definition) is 0. The predicted octanol–water partition coefficient (Wildman–Crippen LogP) is 3.96. The zero-order chi connectivity index (χ0) is 11.4. The molecule has 0 heteroatoms. The van der Waals surface area contributed by atoms with Crippen molar-refractivity contribution in [3.05, 3.63) is 46.5 Å². The topological polar surface area (TPSA) is 0 Å². The molecular weight excluding hydrogens is 192 g/mol. The summed E-state index contributed by atoms with van der Waals surface area (Å²) in [5.41, 5.74) is 5.72. The number of benzene rings is 1. The molecule has 0 amide bonds. The molecule has 0 aliphatic heterocycles. The summed E-state index contributed by atoms with van der Waals surface area (Å²) in [6.45, 7) is 4.35. The summed E-state index contributed by atoms with van der Waals surface area (Å²) in [5.74, 6) is 6.34. The molecule has 0 atom stereocenters. The summed E-state index contributed by atoms with van der Waals surface area (Å²) in [4.78, 5) is 0. The minimum absolute atomic E-state index is 0.931. The summed E-state index contributed by atoms with van der Waals surface area (Å²) < 4.78 is 0. The maximum Gasteiger partial charge on any atom is 0.0272 e. The Morgan fingerprint density at radius 2 is 2.00 bits per heavy atom. The van der Waals surface area contributed by atoms with E-state index >= 15 is 0 Å². The highest BCUT2D eigenvalue weighted by atomic mass is 14.1. The maximum absolute atomic E-state index is 3.18. The van der Waals surface area contributed by atoms with Crippen LogP contribution in [0, 0.1) is 25.7 Å². The maximum atomic E-state index is 3.18. The van der Waals surface area contributed by atoms with Crippen molar-refractivity contribution in [1.29, 1.82) is 0 Å². The van der Waals surface area contributed by atoms with Crippen LogP contribution in [0.25, 0.3) is 0 Å². The average molecular weight is 210 g/mol. The van der Waals surface area contributed by atoms with Crippen molar-refractivity contribution in [2.75, 3.05) is 0 Å². The standard InChI is InChI=1S/C16H18/c1-13-9-10-16(11-14(13)2)12-15-7-5-3-4-6-8-15/h7,9-11H,5-6,8,12H2,1-2H3. The van der Waals surface area contributed by atoms with E-state index in [1.807, 2.05) is 0 Å². The minimum atomic E-state index is 0.931. The average Bonchev–Trinajstić information content (AvgIpc) is 2.52. The number of hydrogen-bond acceptors (Lipinski definition) is 0. The van der Waals surface area contributed by atoms with Gasteiger partial charge in [0.05, 0.1) is 0 Å². The van der Waals surface area contributed by atoms with Crippen LogP contribution >= 0.6 is 0 Å². The van der Waals surface area contributed by atoms with Gasteiger partial charge in [0.2, 0.25) is 0 Å². The van der Waals surface area contributed by atoms with Crippen molar-refractivity contribution in [3.63, 3.8) is 0 Å². The van der Waals surface area contributed by atoms with Gasteiger partial charge in [0.25, 0.3) is 0 Å². The summed E-state index contributed by atoms with van der Waals surface area (Å²) in [5, 5.41) is 0. The highest BCUT2D eigenvalue weighted by molar-refractivity contribution is 5.33. The molecule has 0 nitrogen and oxygen atoms in total. The first-order chi connectivity index (χ1) is 7.75. The Labute approximate surface area is 98.4 Å². The molecule has 0 saturated carbocycles. The normalized spacial score (nSPS) is 14.8. The molecule has 16 heavy (non-hydrogen) atoms. The molecule has 0 fully saturated rings. The van der Waals surface area contributed by atoms with Crippen molar-refractivity contribution in [1.82, 2.24) is 0 Å². The summed E-state index contributed by atoms with van der Waals surface area (Å²) in [6, 6.07) is 6.77. The van der Waals surface area contributed by atoms with Gasteiger partial charge >= 0.3 is 0 Å². The van der Waals surface area contributed by atoms with Gasteiger partial charge in [-0.2, -0.15) is 0 Å². The van der Waals surface area contributed by atoms with E-state index in [2.05, 4.69) is 50.0 Å². The van der Waals surface area contributed by atoms with Crippen LogP contribution < -0.4 is 0 Å². The van der Waals surface area contributed by atoms with Crippen LogP contribution in [0.15, 0.2) is 29.8 Å². The van der Waals surface area contributed by atoms with Gasteiger partial charge in [-0.3, -0.25) is 0 Å². The fourth-order valence-electron chi connectivity index (χ4n) is 2.02. The lowest BCUT2D eigenvalue weighted by Crippen LogP contribution is -1.92. The van der Waals surface area contributed by atoms with Crippen LogP contribution in [-0.4, -0.2) is 0 Å². The third kappa shape index (κ3) is 2.76. The van der Waals surface area contributed by atoms with Gasteiger partial charge in [-0.1, -0.05) is 35.8 Å². The first kappa shape index (κ1) is 11.0. The molecular formula is C16H18. The highest BCUT2D eigenvalue weighted by Gasteiger charge is 2.02. The first-order valence-electron chi connectivity index (χ1n) is 5.95. The number of allylic oxidation sites excluding steroid dienone is 2. The Hall–Kier alpha value is -1.48. The molecule has 0 N–H and O–H groups in total. The lowest BCUT2D eigenvalue weighted by molar-refractivity contribution is 0.939. The van der Waals surface area contributed by atoms with Crippen molar-refractivity contribution in [2.45, 2.75) is 39.5 Å². The molecule has 0 bridgehead atoms. The third-order valence-electron chi connectivity index (χ3n) is 3.19. The molecule has 1 aliphatic rings. The van der Waals surface area contributed by atoms with Crippen LogP contribution in [0.4, 0.5) is 0 Å². The summed E-state index contributed by atoms with van der Waals surface area (Å²) in [6.07, 6.45) is 6.48. The minimum Gasteiger partial charge on any atom is -0.103 e.